The second kappa shape index (κ2) is 6.27. The third kappa shape index (κ3) is 3.12. The van der Waals surface area contributed by atoms with Gasteiger partial charge in [-0.3, -0.25) is 4.79 Å². The number of likely N-dealkylation sites (tertiary alicyclic amines) is 1. The highest BCUT2D eigenvalue weighted by atomic mass is 16.5. The number of nitrogens with zero attached hydrogens (tertiary/aromatic N) is 1. The molecule has 110 valence electrons. The number of likely N-dealkylation sites (N-methyl/N-ethyl adjacent to an activating group) is 1. The normalized spacial score (nSPS) is 20.3. The molecule has 0 bridgehead atoms. The maximum absolute atomic E-state index is 12.0. The minimum Gasteiger partial charge on any atom is -0.480 e. The molecule has 0 spiro atoms. The van der Waals surface area contributed by atoms with Crippen LogP contribution in [0, 0.1) is 6.92 Å². The van der Waals surface area contributed by atoms with E-state index in [-0.39, 0.29) is 18.1 Å². The summed E-state index contributed by atoms with van der Waals surface area (Å²) in [6.45, 7) is 4.86. The molecule has 2 rings (SSSR count). The van der Waals surface area contributed by atoms with E-state index >= 15 is 0 Å². The van der Waals surface area contributed by atoms with Crippen LogP contribution in [0.15, 0.2) is 18.2 Å². The fraction of sp³-hybridized carbons (Fsp3) is 0.562. The van der Waals surface area contributed by atoms with E-state index in [4.69, 9.17) is 10.5 Å². The predicted molar refractivity (Wildman–Crippen MR) is 79.8 cm³/mol. The molecule has 1 aromatic carbocycles. The van der Waals surface area contributed by atoms with Gasteiger partial charge in [0.05, 0.1) is 0 Å². The lowest BCUT2D eigenvalue weighted by atomic mass is 10.0. The molecule has 1 saturated heterocycles. The number of hydrogen-bond donors (Lipinski definition) is 1. The molecule has 2 atom stereocenters. The summed E-state index contributed by atoms with van der Waals surface area (Å²) in [4.78, 5) is 13.7. The first-order chi connectivity index (χ1) is 9.52. The number of rotatable bonds is 5. The number of ether oxygens (including phenoxy) is 1. The van der Waals surface area contributed by atoms with Crippen LogP contribution in [0.25, 0.3) is 0 Å². The molecule has 1 aliphatic heterocycles. The molecule has 2 N–H and O–H groups in total. The van der Waals surface area contributed by atoms with Crippen LogP contribution in [0.2, 0.25) is 0 Å². The van der Waals surface area contributed by atoms with Crippen LogP contribution in [0.4, 0.5) is 0 Å². The number of benzene rings is 1. The Balaban J connectivity index is 2.19. The first-order valence-electron chi connectivity index (χ1n) is 7.28. The van der Waals surface area contributed by atoms with E-state index in [1.54, 1.807) is 4.90 Å². The monoisotopic (exact) mass is 276 g/mol. The van der Waals surface area contributed by atoms with Crippen molar-refractivity contribution >= 4 is 5.91 Å². The Kier molecular flexibility index (Phi) is 4.65. The quantitative estimate of drug-likeness (QED) is 0.893. The standard InChI is InChI=1S/C16H24N2O2/c1-4-13(17)10-12-7-5-6-11(2)15(12)20-14-8-9-18(3)16(14)19/h5-7,13-14H,4,8-10,17H2,1-3H3. The van der Waals surface area contributed by atoms with Crippen molar-refractivity contribution in [2.24, 2.45) is 5.73 Å². The summed E-state index contributed by atoms with van der Waals surface area (Å²) in [6, 6.07) is 6.20. The van der Waals surface area contributed by atoms with Crippen LogP contribution in [-0.2, 0) is 11.2 Å². The molecule has 0 aromatic heterocycles. The molecule has 0 aliphatic carbocycles. The highest BCUT2D eigenvalue weighted by molar-refractivity contribution is 5.83. The average molecular weight is 276 g/mol. The summed E-state index contributed by atoms with van der Waals surface area (Å²) < 4.78 is 6.02. The largest absolute Gasteiger partial charge is 0.480 e. The number of aryl methyl sites for hydroxylation is 1. The van der Waals surface area contributed by atoms with E-state index in [2.05, 4.69) is 6.92 Å². The lowest BCUT2D eigenvalue weighted by Crippen LogP contribution is -2.30. The van der Waals surface area contributed by atoms with Gasteiger partial charge in [-0.1, -0.05) is 25.1 Å². The van der Waals surface area contributed by atoms with Gasteiger partial charge in [-0.05, 0) is 30.9 Å². The van der Waals surface area contributed by atoms with Gasteiger partial charge in [0.25, 0.3) is 5.91 Å². The highest BCUT2D eigenvalue weighted by Gasteiger charge is 2.31. The van der Waals surface area contributed by atoms with Gasteiger partial charge in [-0.15, -0.1) is 0 Å². The SMILES string of the molecule is CCC(N)Cc1cccc(C)c1OC1CCN(C)C1=O. The molecular weight excluding hydrogens is 252 g/mol. The minimum absolute atomic E-state index is 0.0685. The average Bonchev–Trinajstić information content (AvgIpc) is 2.74. The summed E-state index contributed by atoms with van der Waals surface area (Å²) >= 11 is 0. The van der Waals surface area contributed by atoms with Crippen molar-refractivity contribution in [2.75, 3.05) is 13.6 Å². The zero-order valence-corrected chi connectivity index (χ0v) is 12.6. The Morgan fingerprint density at radius 1 is 1.50 bits per heavy atom. The van der Waals surface area contributed by atoms with E-state index < -0.39 is 0 Å². The zero-order valence-electron chi connectivity index (χ0n) is 12.6. The third-order valence-electron chi connectivity index (χ3n) is 3.94. The summed E-state index contributed by atoms with van der Waals surface area (Å²) in [5.74, 6) is 0.907. The van der Waals surface area contributed by atoms with Gasteiger partial charge in [0, 0.05) is 26.1 Å². The van der Waals surface area contributed by atoms with Crippen molar-refractivity contribution < 1.29 is 9.53 Å². The summed E-state index contributed by atoms with van der Waals surface area (Å²) in [6.07, 6.45) is 2.11. The van der Waals surface area contributed by atoms with Gasteiger partial charge < -0.3 is 15.4 Å². The van der Waals surface area contributed by atoms with Crippen molar-refractivity contribution in [1.82, 2.24) is 4.90 Å². The number of hydrogen-bond acceptors (Lipinski definition) is 3. The van der Waals surface area contributed by atoms with E-state index in [0.29, 0.717) is 0 Å². The van der Waals surface area contributed by atoms with Gasteiger partial charge in [-0.2, -0.15) is 0 Å². The van der Waals surface area contributed by atoms with Crippen LogP contribution < -0.4 is 10.5 Å². The summed E-state index contributed by atoms with van der Waals surface area (Å²) in [7, 11) is 1.82. The first kappa shape index (κ1) is 14.9. The number of nitrogens with two attached hydrogens (primary N) is 1. The molecule has 1 aromatic rings. The van der Waals surface area contributed by atoms with E-state index in [1.165, 1.54) is 0 Å². The Morgan fingerprint density at radius 3 is 2.85 bits per heavy atom. The molecule has 1 amide bonds. The second-order valence-corrected chi connectivity index (χ2v) is 5.59. The highest BCUT2D eigenvalue weighted by Crippen LogP contribution is 2.28. The number of carbonyl (C=O) groups is 1. The third-order valence-corrected chi connectivity index (χ3v) is 3.94. The van der Waals surface area contributed by atoms with Crippen molar-refractivity contribution in [3.8, 4) is 5.75 Å². The Hall–Kier alpha value is -1.55. The lowest BCUT2D eigenvalue weighted by Gasteiger charge is -2.19. The summed E-state index contributed by atoms with van der Waals surface area (Å²) in [5.41, 5.74) is 8.21. The van der Waals surface area contributed by atoms with Crippen LogP contribution >= 0.6 is 0 Å². The Bertz CT molecular complexity index is 487. The number of para-hydroxylation sites is 1. The van der Waals surface area contributed by atoms with Gasteiger partial charge in [0.1, 0.15) is 5.75 Å². The molecule has 4 nitrogen and oxygen atoms in total. The molecule has 0 saturated carbocycles. The molecule has 1 heterocycles. The predicted octanol–water partition coefficient (Wildman–Crippen LogP) is 1.88. The number of amides is 1. The first-order valence-corrected chi connectivity index (χ1v) is 7.28. The number of carbonyl (C=O) groups excluding carboxylic acids is 1. The van der Waals surface area contributed by atoms with Crippen LogP contribution in [0.3, 0.4) is 0 Å². The van der Waals surface area contributed by atoms with Crippen LogP contribution in [0.1, 0.15) is 30.9 Å². The van der Waals surface area contributed by atoms with E-state index in [9.17, 15) is 4.79 Å². The Labute approximate surface area is 120 Å². The fourth-order valence-corrected chi connectivity index (χ4v) is 2.51. The van der Waals surface area contributed by atoms with Gasteiger partial charge in [0.15, 0.2) is 6.10 Å². The zero-order chi connectivity index (χ0) is 14.7. The van der Waals surface area contributed by atoms with Gasteiger partial charge in [-0.25, -0.2) is 0 Å². The van der Waals surface area contributed by atoms with Gasteiger partial charge in [0.2, 0.25) is 0 Å². The Morgan fingerprint density at radius 2 is 2.25 bits per heavy atom. The minimum atomic E-state index is -0.349. The van der Waals surface area contributed by atoms with Gasteiger partial charge >= 0.3 is 0 Å². The maximum atomic E-state index is 12.0. The van der Waals surface area contributed by atoms with E-state index in [1.807, 2.05) is 32.2 Å². The van der Waals surface area contributed by atoms with Crippen LogP contribution in [0.5, 0.6) is 5.75 Å². The molecule has 1 fully saturated rings. The fourth-order valence-electron chi connectivity index (χ4n) is 2.51. The smallest absolute Gasteiger partial charge is 0.263 e. The lowest BCUT2D eigenvalue weighted by molar-refractivity contribution is -0.132. The molecule has 4 heteroatoms. The summed E-state index contributed by atoms with van der Waals surface area (Å²) in [5, 5.41) is 0. The molecule has 1 aliphatic rings. The van der Waals surface area contributed by atoms with Crippen LogP contribution in [-0.4, -0.2) is 36.5 Å². The van der Waals surface area contributed by atoms with Crippen molar-refractivity contribution in [2.45, 2.75) is 45.3 Å². The molecular formula is C16H24N2O2. The molecule has 2 unspecified atom stereocenters. The topological polar surface area (TPSA) is 55.6 Å². The van der Waals surface area contributed by atoms with Crippen molar-refractivity contribution in [3.05, 3.63) is 29.3 Å². The molecule has 0 radical (unpaired) electrons. The maximum Gasteiger partial charge on any atom is 0.263 e. The second-order valence-electron chi connectivity index (χ2n) is 5.59. The van der Waals surface area contributed by atoms with Crippen molar-refractivity contribution in [3.63, 3.8) is 0 Å². The van der Waals surface area contributed by atoms with Crippen molar-refractivity contribution in [1.29, 1.82) is 0 Å². The molecule has 20 heavy (non-hydrogen) atoms. The van der Waals surface area contributed by atoms with E-state index in [0.717, 1.165) is 42.7 Å².